The molecule has 170 valence electrons. The zero-order valence-corrected chi connectivity index (χ0v) is 20.1. The van der Waals surface area contributed by atoms with Gasteiger partial charge < -0.3 is 10.2 Å². The summed E-state index contributed by atoms with van der Waals surface area (Å²) >= 11 is 0. The second-order valence-corrected chi connectivity index (χ2v) is 11.5. The molecule has 0 spiro atoms. The Morgan fingerprint density at radius 1 is 1.10 bits per heavy atom. The molecule has 4 aliphatic carbocycles. The summed E-state index contributed by atoms with van der Waals surface area (Å²) in [5, 5.41) is 23.6. The smallest absolute Gasteiger partial charge is 0.156 e. The maximum Gasteiger partial charge on any atom is 0.156 e. The minimum absolute atomic E-state index is 0.113. The van der Waals surface area contributed by atoms with Crippen molar-refractivity contribution >= 4 is 5.78 Å². The van der Waals surface area contributed by atoms with Gasteiger partial charge in [0.1, 0.15) is 5.60 Å². The molecule has 0 bridgehead atoms. The first-order valence-corrected chi connectivity index (χ1v) is 12.2. The number of aliphatic hydroxyl groups excluding tert-OH is 1. The predicted molar refractivity (Wildman–Crippen MR) is 125 cm³/mol. The van der Waals surface area contributed by atoms with Gasteiger partial charge in [0.2, 0.25) is 0 Å². The van der Waals surface area contributed by atoms with Crippen molar-refractivity contribution in [2.24, 2.45) is 34.5 Å². The third-order valence-corrected chi connectivity index (χ3v) is 9.55. The highest BCUT2D eigenvalue weighted by molar-refractivity contribution is 5.92. The second kappa shape index (κ2) is 7.56. The average Bonchev–Trinajstić information content (AvgIpc) is 3.04. The van der Waals surface area contributed by atoms with Gasteiger partial charge in [0.05, 0.1) is 6.10 Å². The van der Waals surface area contributed by atoms with Gasteiger partial charge in [0.25, 0.3) is 0 Å². The molecule has 0 unspecified atom stereocenters. The van der Waals surface area contributed by atoms with Gasteiger partial charge >= 0.3 is 0 Å². The number of allylic oxidation sites excluding steroid dienone is 5. The number of ketones is 1. The van der Waals surface area contributed by atoms with E-state index in [0.717, 1.165) is 24.0 Å². The highest BCUT2D eigenvalue weighted by Gasteiger charge is 2.64. The van der Waals surface area contributed by atoms with Crippen molar-refractivity contribution in [3.8, 4) is 0 Å². The van der Waals surface area contributed by atoms with Crippen LogP contribution in [-0.2, 0) is 4.79 Å². The van der Waals surface area contributed by atoms with E-state index in [0.29, 0.717) is 42.9 Å². The molecule has 0 amide bonds. The van der Waals surface area contributed by atoms with Crippen molar-refractivity contribution in [3.05, 3.63) is 47.1 Å². The third-order valence-electron chi connectivity index (χ3n) is 9.55. The summed E-state index contributed by atoms with van der Waals surface area (Å²) in [6, 6.07) is 0. The van der Waals surface area contributed by atoms with Gasteiger partial charge in [-0.15, -0.1) is 0 Å². The molecular weight excluding hydrogens is 384 g/mol. The molecule has 0 aromatic carbocycles. The van der Waals surface area contributed by atoms with Crippen LogP contribution >= 0.6 is 0 Å². The van der Waals surface area contributed by atoms with Gasteiger partial charge in [-0.1, -0.05) is 71.4 Å². The Kier molecular flexibility index (Phi) is 5.54. The maximum atomic E-state index is 12.1. The maximum absolute atomic E-state index is 12.1. The van der Waals surface area contributed by atoms with Crippen LogP contribution < -0.4 is 0 Å². The van der Waals surface area contributed by atoms with Crippen LogP contribution in [0.2, 0.25) is 0 Å². The van der Waals surface area contributed by atoms with E-state index in [1.807, 2.05) is 19.1 Å². The van der Waals surface area contributed by atoms with E-state index in [-0.39, 0.29) is 11.2 Å². The number of aliphatic hydroxyl groups is 2. The van der Waals surface area contributed by atoms with Crippen molar-refractivity contribution in [1.29, 1.82) is 0 Å². The van der Waals surface area contributed by atoms with E-state index in [9.17, 15) is 15.0 Å². The van der Waals surface area contributed by atoms with Crippen LogP contribution in [0.3, 0.4) is 0 Å². The molecule has 0 radical (unpaired) electrons. The Morgan fingerprint density at radius 3 is 2.48 bits per heavy atom. The van der Waals surface area contributed by atoms with E-state index >= 15 is 0 Å². The summed E-state index contributed by atoms with van der Waals surface area (Å²) in [5.74, 6) is 2.18. The minimum Gasteiger partial charge on any atom is -0.390 e. The number of carbonyl (C=O) groups is 1. The highest BCUT2D eigenvalue weighted by atomic mass is 16.3. The first-order valence-electron chi connectivity index (χ1n) is 12.2. The lowest BCUT2D eigenvalue weighted by Gasteiger charge is -2.58. The largest absolute Gasteiger partial charge is 0.390 e. The lowest BCUT2D eigenvalue weighted by molar-refractivity contribution is -0.143. The van der Waals surface area contributed by atoms with Gasteiger partial charge in [0.15, 0.2) is 5.78 Å². The fourth-order valence-electron chi connectivity index (χ4n) is 6.98. The van der Waals surface area contributed by atoms with Gasteiger partial charge in [0, 0.05) is 11.8 Å². The van der Waals surface area contributed by atoms with Crippen molar-refractivity contribution < 1.29 is 15.0 Å². The van der Waals surface area contributed by atoms with E-state index in [1.54, 1.807) is 6.08 Å². The van der Waals surface area contributed by atoms with Crippen LogP contribution in [0, 0.1) is 34.5 Å². The number of rotatable bonds is 4. The summed E-state index contributed by atoms with van der Waals surface area (Å²) in [6.07, 6.45) is 13.3. The van der Waals surface area contributed by atoms with E-state index in [2.05, 4.69) is 46.8 Å². The molecule has 7 atom stereocenters. The zero-order valence-electron chi connectivity index (χ0n) is 20.1. The number of hydrogen-bond acceptors (Lipinski definition) is 3. The van der Waals surface area contributed by atoms with E-state index in [4.69, 9.17) is 0 Å². The van der Waals surface area contributed by atoms with Crippen LogP contribution in [-0.4, -0.2) is 27.7 Å². The van der Waals surface area contributed by atoms with Crippen molar-refractivity contribution in [2.75, 3.05) is 0 Å². The molecule has 31 heavy (non-hydrogen) atoms. The fourth-order valence-corrected chi connectivity index (χ4v) is 6.98. The zero-order chi connectivity index (χ0) is 22.8. The fraction of sp³-hybridized carbons (Fsp3) is 0.679. The van der Waals surface area contributed by atoms with E-state index in [1.165, 1.54) is 5.57 Å². The second-order valence-electron chi connectivity index (χ2n) is 11.5. The number of hydrogen-bond donors (Lipinski definition) is 2. The summed E-state index contributed by atoms with van der Waals surface area (Å²) in [4.78, 5) is 12.0. The third kappa shape index (κ3) is 3.18. The van der Waals surface area contributed by atoms with Gasteiger partial charge in [-0.05, 0) is 72.0 Å². The molecule has 3 heteroatoms. The summed E-state index contributed by atoms with van der Waals surface area (Å²) in [5.41, 5.74) is 1.08. The average molecular weight is 425 g/mol. The molecule has 0 saturated heterocycles. The normalized spacial score (nSPS) is 41.8. The van der Waals surface area contributed by atoms with Gasteiger partial charge in [-0.2, -0.15) is 0 Å². The van der Waals surface area contributed by atoms with Crippen LogP contribution in [0.5, 0.6) is 0 Å². The Bertz CT molecular complexity index is 890. The van der Waals surface area contributed by atoms with Crippen LogP contribution in [0.1, 0.15) is 73.6 Å². The highest BCUT2D eigenvalue weighted by Crippen LogP contribution is 2.65. The molecule has 4 rings (SSSR count). The monoisotopic (exact) mass is 424 g/mol. The Morgan fingerprint density at radius 2 is 1.81 bits per heavy atom. The van der Waals surface area contributed by atoms with Crippen molar-refractivity contribution in [3.63, 3.8) is 0 Å². The molecule has 0 aliphatic heterocycles. The van der Waals surface area contributed by atoms with Gasteiger partial charge in [-0.3, -0.25) is 4.79 Å². The Balaban J connectivity index is 1.75. The molecular formula is C28H40O3. The molecule has 2 N–H and O–H groups in total. The van der Waals surface area contributed by atoms with Crippen molar-refractivity contribution in [2.45, 2.75) is 85.4 Å². The Hall–Kier alpha value is -1.45. The molecule has 1 fully saturated rings. The standard InChI is InChI=1S/C28H40O3/c1-17(2)18(3)7-8-19(4)22-11-12-23-24-10-9-20-15-21(29)13-14-27(20,6)28(24,31)25(30)16-26(22,23)5/h7-10,15,17-19,22,25,30-31H,11-14,16H2,1-6H3/b8-7+/t18-,19+,22+,25+,26+,27-,28-/m0/s1. The summed E-state index contributed by atoms with van der Waals surface area (Å²) in [6.45, 7) is 13.4. The first kappa shape index (κ1) is 22.7. The van der Waals surface area contributed by atoms with Crippen molar-refractivity contribution in [1.82, 2.24) is 0 Å². The number of fused-ring (bicyclic) bond motifs is 4. The number of carbonyl (C=O) groups excluding carboxylic acids is 1. The summed E-state index contributed by atoms with van der Waals surface area (Å²) in [7, 11) is 0. The quantitative estimate of drug-likeness (QED) is 0.582. The molecule has 4 aliphatic rings. The molecule has 3 nitrogen and oxygen atoms in total. The first-order chi connectivity index (χ1) is 14.4. The Labute approximate surface area is 188 Å². The van der Waals surface area contributed by atoms with E-state index < -0.39 is 17.1 Å². The lowest BCUT2D eigenvalue weighted by Crippen LogP contribution is -2.62. The predicted octanol–water partition coefficient (Wildman–Crippen LogP) is 5.54. The molecule has 0 aromatic heterocycles. The van der Waals surface area contributed by atoms with Crippen LogP contribution in [0.15, 0.2) is 47.1 Å². The lowest BCUT2D eigenvalue weighted by atomic mass is 9.50. The van der Waals surface area contributed by atoms with Crippen LogP contribution in [0.25, 0.3) is 0 Å². The summed E-state index contributed by atoms with van der Waals surface area (Å²) < 4.78 is 0. The SMILES string of the molecule is CC(C)[C@@H](C)/C=C/[C@@H](C)[C@H]1CCC2=C3C=CC4=CC(=O)CC[C@]4(C)[C@@]3(O)[C@H](O)C[C@@]21C. The van der Waals surface area contributed by atoms with Crippen LogP contribution in [0.4, 0.5) is 0 Å². The molecule has 0 heterocycles. The molecule has 1 saturated carbocycles. The molecule has 0 aromatic rings. The minimum atomic E-state index is -1.32. The van der Waals surface area contributed by atoms with Gasteiger partial charge in [-0.25, -0.2) is 0 Å². The topological polar surface area (TPSA) is 57.5 Å².